The Morgan fingerprint density at radius 3 is 2.50 bits per heavy atom. The first kappa shape index (κ1) is 13.4. The molecule has 1 atom stereocenters. The van der Waals surface area contributed by atoms with Gasteiger partial charge in [0.1, 0.15) is 0 Å². The lowest BCUT2D eigenvalue weighted by Gasteiger charge is -2.39. The quantitative estimate of drug-likeness (QED) is 0.855. The lowest BCUT2D eigenvalue weighted by molar-refractivity contribution is -0.139. The minimum absolute atomic E-state index is 0.181. The van der Waals surface area contributed by atoms with Crippen LogP contribution in [0.2, 0.25) is 0 Å². The number of nitrogens with one attached hydrogen (secondary N) is 1. The Morgan fingerprint density at radius 1 is 1.22 bits per heavy atom. The smallest absolute Gasteiger partial charge is 0.328 e. The summed E-state index contributed by atoms with van der Waals surface area (Å²) in [6.45, 7) is 0.892. The highest BCUT2D eigenvalue weighted by molar-refractivity contribution is 5.36. The summed E-state index contributed by atoms with van der Waals surface area (Å²) in [5, 5.41) is 3.19. The minimum atomic E-state index is -4.34. The van der Waals surface area contributed by atoms with Crippen molar-refractivity contribution in [3.05, 3.63) is 35.4 Å². The molecule has 2 rings (SSSR count). The van der Waals surface area contributed by atoms with E-state index in [0.29, 0.717) is 13.0 Å². The Morgan fingerprint density at radius 2 is 1.94 bits per heavy atom. The van der Waals surface area contributed by atoms with Crippen molar-refractivity contribution >= 4 is 0 Å². The number of rotatable bonds is 2. The van der Waals surface area contributed by atoms with E-state index in [4.69, 9.17) is 5.73 Å². The van der Waals surface area contributed by atoms with Gasteiger partial charge in [0.25, 0.3) is 0 Å². The van der Waals surface area contributed by atoms with Crippen molar-refractivity contribution in [2.45, 2.75) is 31.0 Å². The van der Waals surface area contributed by atoms with Crippen LogP contribution < -0.4 is 11.1 Å². The molecule has 1 aromatic rings. The minimum Gasteiger partial charge on any atom is -0.328 e. The molecule has 0 aromatic heterocycles. The highest BCUT2D eigenvalue weighted by Gasteiger charge is 2.41. The molecule has 100 valence electrons. The molecule has 1 unspecified atom stereocenters. The largest absolute Gasteiger partial charge is 0.416 e. The van der Waals surface area contributed by atoms with E-state index in [0.717, 1.165) is 18.9 Å². The summed E-state index contributed by atoms with van der Waals surface area (Å²) in [6.07, 6.45) is -1.80. The van der Waals surface area contributed by atoms with E-state index in [1.54, 1.807) is 6.07 Å². The van der Waals surface area contributed by atoms with Gasteiger partial charge in [0.05, 0.1) is 11.1 Å². The van der Waals surface area contributed by atoms with Crippen LogP contribution in [0.15, 0.2) is 24.3 Å². The van der Waals surface area contributed by atoms with Crippen molar-refractivity contribution in [3.63, 3.8) is 0 Å². The number of benzene rings is 1. The van der Waals surface area contributed by atoms with Gasteiger partial charge < -0.3 is 11.1 Å². The normalized spacial score (nSPS) is 25.1. The average Bonchev–Trinajstić information content (AvgIpc) is 2.38. The number of hydrogen-bond acceptors (Lipinski definition) is 2. The molecule has 0 radical (unpaired) electrons. The van der Waals surface area contributed by atoms with Crippen LogP contribution in [0.3, 0.4) is 0 Å². The fourth-order valence-electron chi connectivity index (χ4n) is 2.63. The molecule has 0 spiro atoms. The molecule has 5 heteroatoms. The first-order chi connectivity index (χ1) is 8.49. The molecule has 0 saturated carbocycles. The predicted octanol–water partition coefficient (Wildman–Crippen LogP) is 2.63. The van der Waals surface area contributed by atoms with Gasteiger partial charge in [-0.25, -0.2) is 0 Å². The fourth-order valence-corrected chi connectivity index (χ4v) is 2.63. The molecule has 0 bridgehead atoms. The number of halogens is 3. The van der Waals surface area contributed by atoms with Crippen LogP contribution in [0, 0.1) is 0 Å². The molecule has 1 fully saturated rings. The standard InChI is InChI=1S/C13H17F3N2/c14-13(15,16)11-6-2-1-5-10(11)12(9-17)7-3-4-8-18-12/h1-2,5-6,18H,3-4,7-9,17H2. The summed E-state index contributed by atoms with van der Waals surface area (Å²) in [4.78, 5) is 0. The van der Waals surface area contributed by atoms with Gasteiger partial charge in [-0.2, -0.15) is 13.2 Å². The summed E-state index contributed by atoms with van der Waals surface area (Å²) in [6, 6.07) is 5.72. The average molecular weight is 258 g/mol. The van der Waals surface area contributed by atoms with Gasteiger partial charge in [-0.1, -0.05) is 18.2 Å². The van der Waals surface area contributed by atoms with E-state index in [1.165, 1.54) is 12.1 Å². The second kappa shape index (κ2) is 4.90. The van der Waals surface area contributed by atoms with Gasteiger partial charge in [0, 0.05) is 6.54 Å². The van der Waals surface area contributed by atoms with Gasteiger partial charge >= 0.3 is 6.18 Å². The van der Waals surface area contributed by atoms with Crippen LogP contribution >= 0.6 is 0 Å². The van der Waals surface area contributed by atoms with Crippen molar-refractivity contribution < 1.29 is 13.2 Å². The Bertz CT molecular complexity index is 409. The molecular formula is C13H17F3N2. The lowest BCUT2D eigenvalue weighted by Crippen LogP contribution is -2.52. The van der Waals surface area contributed by atoms with Gasteiger partial charge in [-0.05, 0) is 37.4 Å². The summed E-state index contributed by atoms with van der Waals surface area (Å²) >= 11 is 0. The van der Waals surface area contributed by atoms with Gasteiger partial charge in [-0.15, -0.1) is 0 Å². The molecular weight excluding hydrogens is 241 g/mol. The molecule has 0 amide bonds. The molecule has 2 nitrogen and oxygen atoms in total. The van der Waals surface area contributed by atoms with Crippen molar-refractivity contribution in [2.24, 2.45) is 5.73 Å². The summed E-state index contributed by atoms with van der Waals surface area (Å²) < 4.78 is 39.1. The van der Waals surface area contributed by atoms with Crippen LogP contribution in [0.5, 0.6) is 0 Å². The Balaban J connectivity index is 2.48. The lowest BCUT2D eigenvalue weighted by atomic mass is 9.80. The number of nitrogens with two attached hydrogens (primary N) is 1. The topological polar surface area (TPSA) is 38.0 Å². The van der Waals surface area contributed by atoms with Gasteiger partial charge in [0.2, 0.25) is 0 Å². The SMILES string of the molecule is NCC1(c2ccccc2C(F)(F)F)CCCCN1. The van der Waals surface area contributed by atoms with Gasteiger partial charge in [-0.3, -0.25) is 0 Å². The maximum atomic E-state index is 13.0. The monoisotopic (exact) mass is 258 g/mol. The summed E-state index contributed by atoms with van der Waals surface area (Å²) in [5.74, 6) is 0. The van der Waals surface area contributed by atoms with Gasteiger partial charge in [0.15, 0.2) is 0 Å². The van der Waals surface area contributed by atoms with Crippen LogP contribution in [-0.4, -0.2) is 13.1 Å². The molecule has 1 saturated heterocycles. The van der Waals surface area contributed by atoms with E-state index in [2.05, 4.69) is 5.32 Å². The van der Waals surface area contributed by atoms with E-state index in [1.807, 2.05) is 0 Å². The maximum Gasteiger partial charge on any atom is 0.416 e. The molecule has 0 aliphatic carbocycles. The van der Waals surface area contributed by atoms with Crippen molar-refractivity contribution in [1.82, 2.24) is 5.32 Å². The zero-order valence-electron chi connectivity index (χ0n) is 10.1. The van der Waals surface area contributed by atoms with E-state index in [9.17, 15) is 13.2 Å². The third kappa shape index (κ3) is 2.37. The third-order valence-corrected chi connectivity index (χ3v) is 3.59. The van der Waals surface area contributed by atoms with E-state index < -0.39 is 17.3 Å². The van der Waals surface area contributed by atoms with Crippen LogP contribution in [-0.2, 0) is 11.7 Å². The van der Waals surface area contributed by atoms with Crippen LogP contribution in [0.1, 0.15) is 30.4 Å². The zero-order chi connectivity index (χ0) is 13.2. The van der Waals surface area contributed by atoms with Crippen molar-refractivity contribution in [3.8, 4) is 0 Å². The highest BCUT2D eigenvalue weighted by atomic mass is 19.4. The number of piperidine rings is 1. The highest BCUT2D eigenvalue weighted by Crippen LogP contribution is 2.39. The number of hydrogen-bond donors (Lipinski definition) is 2. The molecule has 18 heavy (non-hydrogen) atoms. The molecule has 1 heterocycles. The van der Waals surface area contributed by atoms with Crippen molar-refractivity contribution in [1.29, 1.82) is 0 Å². The molecule has 3 N–H and O–H groups in total. The Labute approximate surface area is 104 Å². The second-order valence-corrected chi connectivity index (χ2v) is 4.71. The Kier molecular flexibility index (Phi) is 3.64. The van der Waals surface area contributed by atoms with Crippen LogP contribution in [0.25, 0.3) is 0 Å². The maximum absolute atomic E-state index is 13.0. The van der Waals surface area contributed by atoms with E-state index >= 15 is 0 Å². The van der Waals surface area contributed by atoms with Crippen LogP contribution in [0.4, 0.5) is 13.2 Å². The third-order valence-electron chi connectivity index (χ3n) is 3.59. The first-order valence-corrected chi connectivity index (χ1v) is 6.11. The second-order valence-electron chi connectivity index (χ2n) is 4.71. The molecule has 1 aliphatic rings. The zero-order valence-corrected chi connectivity index (χ0v) is 10.1. The summed E-state index contributed by atoms with van der Waals surface area (Å²) in [5.41, 5.74) is 4.72. The fraction of sp³-hybridized carbons (Fsp3) is 0.538. The molecule has 1 aliphatic heterocycles. The number of alkyl halides is 3. The van der Waals surface area contributed by atoms with Crippen molar-refractivity contribution in [2.75, 3.05) is 13.1 Å². The van der Waals surface area contributed by atoms with E-state index in [-0.39, 0.29) is 12.1 Å². The summed E-state index contributed by atoms with van der Waals surface area (Å²) in [7, 11) is 0. The Hall–Kier alpha value is -1.07. The molecule has 1 aromatic carbocycles. The first-order valence-electron chi connectivity index (χ1n) is 6.11. The predicted molar refractivity (Wildman–Crippen MR) is 64.0 cm³/mol.